The van der Waals surface area contributed by atoms with E-state index in [4.69, 9.17) is 15.0 Å². The lowest BCUT2D eigenvalue weighted by atomic mass is 10.0. The number of hydrogen-bond donors (Lipinski definition) is 1. The molecule has 0 radical (unpaired) electrons. The minimum atomic E-state index is -0.501. The highest BCUT2D eigenvalue weighted by molar-refractivity contribution is 5.01. The van der Waals surface area contributed by atoms with Gasteiger partial charge in [-0.15, -0.1) is 0 Å². The highest BCUT2D eigenvalue weighted by Crippen LogP contribution is 2.27. The Labute approximate surface area is 103 Å². The summed E-state index contributed by atoms with van der Waals surface area (Å²) in [6.07, 6.45) is 1.61. The Morgan fingerprint density at radius 1 is 1.47 bits per heavy atom. The first-order valence-corrected chi connectivity index (χ1v) is 6.07. The molecule has 1 rings (SSSR count). The lowest BCUT2D eigenvalue weighted by molar-refractivity contribution is -0.0106. The topological polar surface area (TPSA) is 74.2 Å². The van der Waals surface area contributed by atoms with E-state index in [1.165, 1.54) is 0 Å². The Balaban J connectivity index is 2.84. The second kappa shape index (κ2) is 5.60. The molecule has 5 heteroatoms. The molecule has 17 heavy (non-hydrogen) atoms. The van der Waals surface area contributed by atoms with Crippen molar-refractivity contribution in [2.24, 2.45) is 11.7 Å². The first kappa shape index (κ1) is 14.1. The van der Waals surface area contributed by atoms with Crippen LogP contribution < -0.4 is 5.73 Å². The lowest BCUT2D eigenvalue weighted by Crippen LogP contribution is -2.25. The Hall–Kier alpha value is -0.940. The maximum Gasteiger partial charge on any atom is 0.243 e. The number of rotatable bonds is 6. The molecular formula is C12H23N3O2. The zero-order valence-electron chi connectivity index (χ0n) is 11.4. The minimum Gasteiger partial charge on any atom is -0.370 e. The molecule has 1 aromatic rings. The molecule has 0 aliphatic heterocycles. The number of aromatic nitrogens is 2. The van der Waals surface area contributed by atoms with E-state index < -0.39 is 5.60 Å². The van der Waals surface area contributed by atoms with Crippen molar-refractivity contribution in [1.29, 1.82) is 0 Å². The van der Waals surface area contributed by atoms with Crippen molar-refractivity contribution in [1.82, 2.24) is 10.1 Å². The van der Waals surface area contributed by atoms with Gasteiger partial charge in [0.05, 0.1) is 6.04 Å². The van der Waals surface area contributed by atoms with Crippen molar-refractivity contribution in [3.05, 3.63) is 11.7 Å². The van der Waals surface area contributed by atoms with Gasteiger partial charge in [-0.3, -0.25) is 0 Å². The van der Waals surface area contributed by atoms with E-state index in [-0.39, 0.29) is 6.04 Å². The van der Waals surface area contributed by atoms with Gasteiger partial charge in [-0.25, -0.2) is 0 Å². The van der Waals surface area contributed by atoms with Crippen molar-refractivity contribution in [2.45, 2.75) is 52.2 Å². The predicted molar refractivity (Wildman–Crippen MR) is 65.3 cm³/mol. The van der Waals surface area contributed by atoms with Crippen molar-refractivity contribution in [3.63, 3.8) is 0 Å². The maximum atomic E-state index is 6.00. The molecule has 0 saturated heterocycles. The van der Waals surface area contributed by atoms with Gasteiger partial charge in [-0.05, 0) is 25.7 Å². The zero-order chi connectivity index (χ0) is 13.1. The van der Waals surface area contributed by atoms with Gasteiger partial charge in [-0.2, -0.15) is 4.98 Å². The highest BCUT2D eigenvalue weighted by Gasteiger charge is 2.31. The lowest BCUT2D eigenvalue weighted by Gasteiger charge is -2.21. The molecule has 0 spiro atoms. The fourth-order valence-corrected chi connectivity index (χ4v) is 1.60. The van der Waals surface area contributed by atoms with Crippen molar-refractivity contribution >= 4 is 0 Å². The summed E-state index contributed by atoms with van der Waals surface area (Å²) in [5.74, 6) is 1.56. The number of ether oxygens (including phenoxy) is 1. The molecule has 1 heterocycles. The predicted octanol–water partition coefficient (Wildman–Crippen LogP) is 2.39. The van der Waals surface area contributed by atoms with Crippen LogP contribution in [-0.2, 0) is 10.3 Å². The van der Waals surface area contributed by atoms with Gasteiger partial charge < -0.3 is 15.0 Å². The second-order valence-corrected chi connectivity index (χ2v) is 4.98. The molecular weight excluding hydrogens is 218 g/mol. The van der Waals surface area contributed by atoms with E-state index in [2.05, 4.69) is 24.0 Å². The van der Waals surface area contributed by atoms with E-state index in [0.29, 0.717) is 17.6 Å². The smallest absolute Gasteiger partial charge is 0.243 e. The Bertz CT molecular complexity index is 345. The van der Waals surface area contributed by atoms with E-state index >= 15 is 0 Å². The molecule has 0 fully saturated rings. The van der Waals surface area contributed by atoms with Crippen LogP contribution in [0.1, 0.15) is 58.3 Å². The molecule has 0 aliphatic rings. The molecule has 0 saturated carbocycles. The number of nitrogens with two attached hydrogens (primary N) is 1. The summed E-state index contributed by atoms with van der Waals surface area (Å²) in [6, 6.07) is -0.200. The van der Waals surface area contributed by atoms with Gasteiger partial charge in [-0.1, -0.05) is 25.9 Å². The monoisotopic (exact) mass is 241 g/mol. The quantitative estimate of drug-likeness (QED) is 0.827. The van der Waals surface area contributed by atoms with Gasteiger partial charge in [0.2, 0.25) is 11.7 Å². The largest absolute Gasteiger partial charge is 0.370 e. The van der Waals surface area contributed by atoms with Crippen LogP contribution in [0.2, 0.25) is 0 Å². The summed E-state index contributed by atoms with van der Waals surface area (Å²) in [6.45, 7) is 8.19. The average Bonchev–Trinajstić information content (AvgIpc) is 2.77. The van der Waals surface area contributed by atoms with Crippen LogP contribution in [0.4, 0.5) is 0 Å². The summed E-state index contributed by atoms with van der Waals surface area (Å²) in [5, 5.41) is 3.97. The molecule has 2 atom stereocenters. The molecule has 2 N–H and O–H groups in total. The van der Waals surface area contributed by atoms with E-state index in [0.717, 1.165) is 12.8 Å². The fourth-order valence-electron chi connectivity index (χ4n) is 1.60. The van der Waals surface area contributed by atoms with E-state index in [1.54, 1.807) is 7.11 Å². The zero-order valence-corrected chi connectivity index (χ0v) is 11.4. The van der Waals surface area contributed by atoms with Crippen LogP contribution in [0.3, 0.4) is 0 Å². The second-order valence-electron chi connectivity index (χ2n) is 4.98. The molecule has 98 valence electrons. The average molecular weight is 241 g/mol. The van der Waals surface area contributed by atoms with Gasteiger partial charge in [0.25, 0.3) is 0 Å². The van der Waals surface area contributed by atoms with Gasteiger partial charge in [0.15, 0.2) is 0 Å². The Kier molecular flexibility index (Phi) is 4.65. The first-order chi connectivity index (χ1) is 7.92. The van der Waals surface area contributed by atoms with Gasteiger partial charge in [0, 0.05) is 7.11 Å². The molecule has 5 nitrogen and oxygen atoms in total. The number of nitrogens with zero attached hydrogens (tertiary/aromatic N) is 2. The van der Waals surface area contributed by atoms with Crippen LogP contribution in [0.25, 0.3) is 0 Å². The van der Waals surface area contributed by atoms with Crippen LogP contribution in [0, 0.1) is 5.92 Å². The number of hydrogen-bond acceptors (Lipinski definition) is 5. The van der Waals surface area contributed by atoms with Crippen molar-refractivity contribution < 1.29 is 9.26 Å². The van der Waals surface area contributed by atoms with Crippen LogP contribution >= 0.6 is 0 Å². The van der Waals surface area contributed by atoms with Gasteiger partial charge >= 0.3 is 0 Å². The SMILES string of the molecule is CCC(C)(OC)c1noc(C(N)CC(C)C)n1. The normalized spacial score (nSPS) is 17.1. The summed E-state index contributed by atoms with van der Waals surface area (Å²) < 4.78 is 10.6. The summed E-state index contributed by atoms with van der Waals surface area (Å²) in [7, 11) is 1.65. The standard InChI is InChI=1S/C12H23N3O2/c1-6-12(4,16-5)11-14-10(17-15-11)9(13)7-8(2)3/h8-9H,6-7,13H2,1-5H3. The van der Waals surface area contributed by atoms with Crippen molar-refractivity contribution in [3.8, 4) is 0 Å². The third-order valence-corrected chi connectivity index (χ3v) is 3.08. The van der Waals surface area contributed by atoms with Crippen LogP contribution in [0.15, 0.2) is 4.52 Å². The van der Waals surface area contributed by atoms with E-state index in [1.807, 2.05) is 13.8 Å². The summed E-state index contributed by atoms with van der Waals surface area (Å²) in [4.78, 5) is 4.35. The van der Waals surface area contributed by atoms with Crippen molar-refractivity contribution in [2.75, 3.05) is 7.11 Å². The first-order valence-electron chi connectivity index (χ1n) is 6.07. The Morgan fingerprint density at radius 3 is 2.59 bits per heavy atom. The summed E-state index contributed by atoms with van der Waals surface area (Å²) >= 11 is 0. The number of methoxy groups -OCH3 is 1. The Morgan fingerprint density at radius 2 is 2.12 bits per heavy atom. The van der Waals surface area contributed by atoms with Crippen LogP contribution in [-0.4, -0.2) is 17.3 Å². The molecule has 0 amide bonds. The molecule has 0 aromatic carbocycles. The summed E-state index contributed by atoms with van der Waals surface area (Å²) in [5.41, 5.74) is 5.50. The third-order valence-electron chi connectivity index (χ3n) is 3.08. The molecule has 0 bridgehead atoms. The third kappa shape index (κ3) is 3.26. The fraction of sp³-hybridized carbons (Fsp3) is 0.833. The van der Waals surface area contributed by atoms with Gasteiger partial charge in [0.1, 0.15) is 5.60 Å². The maximum absolute atomic E-state index is 6.00. The molecule has 0 aliphatic carbocycles. The highest BCUT2D eigenvalue weighted by atomic mass is 16.5. The molecule has 2 unspecified atom stereocenters. The molecule has 1 aromatic heterocycles. The minimum absolute atomic E-state index is 0.200. The van der Waals surface area contributed by atoms with E-state index in [9.17, 15) is 0 Å². The van der Waals surface area contributed by atoms with Crippen LogP contribution in [0.5, 0.6) is 0 Å².